The first-order valence-corrected chi connectivity index (χ1v) is 11.0. The predicted octanol–water partition coefficient (Wildman–Crippen LogP) is 5.68. The number of esters is 1. The topological polar surface area (TPSA) is 126 Å². The van der Waals surface area contributed by atoms with E-state index in [9.17, 15) is 19.2 Å². The molecule has 10 nitrogen and oxygen atoms in total. The van der Waals surface area contributed by atoms with Crippen molar-refractivity contribution in [2.45, 2.75) is 92.6 Å². The lowest BCUT2D eigenvalue weighted by molar-refractivity contribution is -0.0294. The van der Waals surface area contributed by atoms with Crippen molar-refractivity contribution in [2.24, 2.45) is 0 Å². The molecule has 35 heavy (non-hydrogen) atoms. The zero-order chi connectivity index (χ0) is 27.6. The number of hydrogen-bond acceptors (Lipinski definition) is 9. The van der Waals surface area contributed by atoms with E-state index in [1.165, 1.54) is 7.11 Å². The molecule has 0 heterocycles. The van der Waals surface area contributed by atoms with Gasteiger partial charge in [0.2, 0.25) is 0 Å². The van der Waals surface area contributed by atoms with Crippen LogP contribution in [0.4, 0.5) is 14.4 Å². The second-order valence-electron chi connectivity index (χ2n) is 10.5. The number of ether oxygens (including phenoxy) is 5. The molecule has 1 rings (SSSR count). The minimum atomic E-state index is -1.06. The number of carbonyl (C=O) groups excluding carboxylic acids is 4. The Hall–Kier alpha value is -3.30. The van der Waals surface area contributed by atoms with Gasteiger partial charge < -0.3 is 29.0 Å². The van der Waals surface area contributed by atoms with Gasteiger partial charge in [0.25, 0.3) is 0 Å². The summed E-state index contributed by atoms with van der Waals surface area (Å²) in [5, 5.41) is 2.68. The highest BCUT2D eigenvalue weighted by molar-refractivity contribution is 5.89. The largest absolute Gasteiger partial charge is 0.519 e. The van der Waals surface area contributed by atoms with Crippen LogP contribution in [0.5, 0.6) is 0 Å². The van der Waals surface area contributed by atoms with Gasteiger partial charge in [-0.3, -0.25) is 0 Å². The van der Waals surface area contributed by atoms with Crippen molar-refractivity contribution in [1.82, 2.24) is 5.32 Å². The van der Waals surface area contributed by atoms with E-state index in [1.807, 2.05) is 27.7 Å². The highest BCUT2D eigenvalue weighted by atomic mass is 16.8. The monoisotopic (exact) mass is 497 g/mol. The van der Waals surface area contributed by atoms with Crippen molar-refractivity contribution in [1.29, 1.82) is 0 Å². The van der Waals surface area contributed by atoms with Crippen LogP contribution in [-0.2, 0) is 30.2 Å². The fourth-order valence-electron chi connectivity index (χ4n) is 2.23. The molecule has 1 N–H and O–H groups in total. The molecule has 0 saturated heterocycles. The summed E-state index contributed by atoms with van der Waals surface area (Å²) in [7, 11) is 1.34. The Morgan fingerprint density at radius 3 is 1.60 bits per heavy atom. The quantitative estimate of drug-likeness (QED) is 0.319. The third-order valence-corrected chi connectivity index (χ3v) is 3.53. The molecule has 10 heteroatoms. The summed E-state index contributed by atoms with van der Waals surface area (Å²) >= 11 is 0. The molecule has 0 aliphatic carbocycles. The molecule has 0 atom stereocenters. The van der Waals surface area contributed by atoms with Gasteiger partial charge in [-0.15, -0.1) is 0 Å². The Bertz CT molecular complexity index is 862. The third kappa shape index (κ3) is 16.0. The third-order valence-electron chi connectivity index (χ3n) is 3.53. The number of alkyl carbamates (subject to hydrolysis) is 1. The fraction of sp³-hybridized carbons (Fsp3) is 0.600. The molecule has 0 saturated carbocycles. The fourth-order valence-corrected chi connectivity index (χ4v) is 2.23. The summed E-state index contributed by atoms with van der Waals surface area (Å²) in [4.78, 5) is 45.0. The lowest BCUT2D eigenvalue weighted by Crippen LogP contribution is -2.32. The molecule has 0 spiro atoms. The zero-order valence-electron chi connectivity index (χ0n) is 22.6. The number of hydrogen-bond donors (Lipinski definition) is 1. The number of benzene rings is 1. The van der Waals surface area contributed by atoms with Crippen LogP contribution in [0.3, 0.4) is 0 Å². The second kappa shape index (κ2) is 13.0. The van der Waals surface area contributed by atoms with Gasteiger partial charge in [-0.05, 0) is 92.5 Å². The molecular formula is C25H39NO9. The number of nitrogens with one attached hydrogen (secondary N) is 1. The van der Waals surface area contributed by atoms with Gasteiger partial charge in [0, 0.05) is 6.54 Å². The van der Waals surface area contributed by atoms with Crippen molar-refractivity contribution < 1.29 is 42.9 Å². The van der Waals surface area contributed by atoms with E-state index < -0.39 is 35.2 Å². The minimum Gasteiger partial charge on any atom is -0.465 e. The summed E-state index contributed by atoms with van der Waals surface area (Å²) in [6, 6.07) is 5.20. The van der Waals surface area contributed by atoms with Crippen molar-refractivity contribution >= 4 is 24.4 Å². The smallest absolute Gasteiger partial charge is 0.465 e. The minimum absolute atomic E-state index is 0.349. The summed E-state index contributed by atoms with van der Waals surface area (Å²) in [5.74, 6) is -0.375. The van der Waals surface area contributed by atoms with Gasteiger partial charge in [0.15, 0.2) is 0 Å². The molecule has 0 aliphatic heterocycles. The summed E-state index contributed by atoms with van der Waals surface area (Å²) in [6.45, 7) is 17.7. The Morgan fingerprint density at radius 1 is 0.771 bits per heavy atom. The molecular weight excluding hydrogens is 458 g/mol. The first-order chi connectivity index (χ1) is 15.7. The van der Waals surface area contributed by atoms with Crippen molar-refractivity contribution in [3.05, 3.63) is 34.9 Å². The molecule has 0 aliphatic rings. The van der Waals surface area contributed by atoms with Gasteiger partial charge in [0.1, 0.15) is 16.8 Å². The van der Waals surface area contributed by atoms with E-state index in [2.05, 4.69) is 14.8 Å². The SMILES string of the molecule is CC(C)(C)OC(=O)OC(=O)OC(C)(C)C.COC(=O)c1ccc(CNC(=O)OC(C)(C)C)c(C)c1. The second-order valence-corrected chi connectivity index (χ2v) is 10.5. The predicted molar refractivity (Wildman–Crippen MR) is 129 cm³/mol. The summed E-state index contributed by atoms with van der Waals surface area (Å²) in [5.41, 5.74) is 0.407. The lowest BCUT2D eigenvalue weighted by atomic mass is 10.1. The maximum absolute atomic E-state index is 11.6. The van der Waals surface area contributed by atoms with Crippen LogP contribution < -0.4 is 5.32 Å². The van der Waals surface area contributed by atoms with Crippen molar-refractivity contribution in [3.8, 4) is 0 Å². The van der Waals surface area contributed by atoms with Gasteiger partial charge in [0.05, 0.1) is 12.7 Å². The van der Waals surface area contributed by atoms with Crippen LogP contribution in [0.25, 0.3) is 0 Å². The number of amides is 1. The van der Waals surface area contributed by atoms with Crippen molar-refractivity contribution in [3.63, 3.8) is 0 Å². The van der Waals surface area contributed by atoms with E-state index in [0.29, 0.717) is 12.1 Å². The van der Waals surface area contributed by atoms with E-state index in [-0.39, 0.29) is 5.97 Å². The number of aryl methyl sites for hydroxylation is 1. The zero-order valence-corrected chi connectivity index (χ0v) is 22.6. The molecule has 0 fully saturated rings. The maximum atomic E-state index is 11.6. The number of rotatable bonds is 3. The Balaban J connectivity index is 0.000000691. The van der Waals surface area contributed by atoms with E-state index in [0.717, 1.165) is 11.1 Å². The van der Waals surface area contributed by atoms with Gasteiger partial charge in [-0.1, -0.05) is 6.07 Å². The molecule has 0 unspecified atom stereocenters. The van der Waals surface area contributed by atoms with Gasteiger partial charge in [-0.25, -0.2) is 19.2 Å². The standard InChI is InChI=1S/C15H21NO4.C10H18O5/c1-10-8-11(13(17)19-5)6-7-12(10)9-16-14(18)20-15(2,3)4;1-9(2,3)14-7(11)13-8(12)15-10(4,5)6/h6-8H,9H2,1-5H3,(H,16,18);1-6H3. The van der Waals surface area contributed by atoms with E-state index in [4.69, 9.17) is 14.2 Å². The van der Waals surface area contributed by atoms with Crippen LogP contribution in [0.2, 0.25) is 0 Å². The molecule has 1 amide bonds. The van der Waals surface area contributed by atoms with Crippen LogP contribution in [-0.4, -0.2) is 48.3 Å². The molecule has 198 valence electrons. The summed E-state index contributed by atoms with van der Waals surface area (Å²) in [6.07, 6.45) is -2.58. The molecule has 1 aromatic carbocycles. The van der Waals surface area contributed by atoms with Crippen LogP contribution in [0.1, 0.15) is 83.8 Å². The average molecular weight is 498 g/mol. The number of carbonyl (C=O) groups is 4. The van der Waals surface area contributed by atoms with E-state index >= 15 is 0 Å². The summed E-state index contributed by atoms with van der Waals surface area (Å²) < 4.78 is 23.6. The van der Waals surface area contributed by atoms with Crippen LogP contribution in [0.15, 0.2) is 18.2 Å². The molecule has 1 aromatic rings. The average Bonchev–Trinajstić information content (AvgIpc) is 2.62. The van der Waals surface area contributed by atoms with E-state index in [1.54, 1.807) is 59.7 Å². The highest BCUT2D eigenvalue weighted by Crippen LogP contribution is 2.13. The Kier molecular flexibility index (Phi) is 11.7. The Morgan fingerprint density at radius 2 is 1.23 bits per heavy atom. The number of methoxy groups -OCH3 is 1. The van der Waals surface area contributed by atoms with Crippen molar-refractivity contribution in [2.75, 3.05) is 7.11 Å². The van der Waals surface area contributed by atoms with Crippen LogP contribution >= 0.6 is 0 Å². The normalized spacial score (nSPS) is 11.3. The van der Waals surface area contributed by atoms with Gasteiger partial charge in [-0.2, -0.15) is 0 Å². The molecule has 0 aromatic heterocycles. The lowest BCUT2D eigenvalue weighted by Gasteiger charge is -2.20. The highest BCUT2D eigenvalue weighted by Gasteiger charge is 2.24. The van der Waals surface area contributed by atoms with Crippen LogP contribution in [0, 0.1) is 6.92 Å². The van der Waals surface area contributed by atoms with Gasteiger partial charge >= 0.3 is 24.4 Å². The molecule has 0 bridgehead atoms. The first-order valence-electron chi connectivity index (χ1n) is 11.0. The first kappa shape index (κ1) is 31.7. The maximum Gasteiger partial charge on any atom is 0.519 e. The molecule has 0 radical (unpaired) electrons. The Labute approximate surface area is 207 Å².